The van der Waals surface area contributed by atoms with Crippen molar-refractivity contribution in [1.82, 2.24) is 4.90 Å². The van der Waals surface area contributed by atoms with E-state index in [1.807, 2.05) is 60.7 Å². The van der Waals surface area contributed by atoms with Crippen LogP contribution in [0.5, 0.6) is 5.75 Å². The Morgan fingerprint density at radius 1 is 0.900 bits per heavy atom. The van der Waals surface area contributed by atoms with Gasteiger partial charge in [-0.2, -0.15) is 0 Å². The zero-order valence-electron chi connectivity index (χ0n) is 17.2. The first-order valence-corrected chi connectivity index (χ1v) is 10.1. The lowest BCUT2D eigenvalue weighted by molar-refractivity contribution is 0.179. The smallest absolute Gasteiger partial charge is 0.193 e. The molecule has 1 atom stereocenters. The van der Waals surface area contributed by atoms with Crippen molar-refractivity contribution in [3.63, 3.8) is 0 Å². The number of benzene rings is 3. The molecule has 0 saturated carbocycles. The van der Waals surface area contributed by atoms with Gasteiger partial charge in [0.1, 0.15) is 23.2 Å². The highest BCUT2D eigenvalue weighted by atomic mass is 16.5. The zero-order valence-corrected chi connectivity index (χ0v) is 17.2. The molecule has 4 aromatic rings. The molecular weight excluding hydrogens is 374 g/mol. The third kappa shape index (κ3) is 4.61. The van der Waals surface area contributed by atoms with E-state index in [0.29, 0.717) is 22.5 Å². The minimum Gasteiger partial charge on any atom is -0.486 e. The summed E-state index contributed by atoms with van der Waals surface area (Å²) in [6.07, 6.45) is 0.762. The third-order valence-electron chi connectivity index (χ3n) is 5.05. The zero-order chi connectivity index (χ0) is 20.9. The van der Waals surface area contributed by atoms with E-state index < -0.39 is 0 Å². The van der Waals surface area contributed by atoms with Crippen LogP contribution < -0.4 is 10.2 Å². The van der Waals surface area contributed by atoms with E-state index in [9.17, 15) is 4.79 Å². The van der Waals surface area contributed by atoms with Gasteiger partial charge in [0.2, 0.25) is 0 Å². The first-order valence-electron chi connectivity index (χ1n) is 10.1. The first kappa shape index (κ1) is 19.9. The summed E-state index contributed by atoms with van der Waals surface area (Å²) in [4.78, 5) is 14.7. The number of nitrogens with zero attached hydrogens (tertiary/aromatic N) is 1. The molecule has 4 nitrogen and oxygen atoms in total. The summed E-state index contributed by atoms with van der Waals surface area (Å²) >= 11 is 0. The van der Waals surface area contributed by atoms with E-state index in [-0.39, 0.29) is 11.5 Å². The molecule has 0 aliphatic rings. The van der Waals surface area contributed by atoms with Gasteiger partial charge in [-0.25, -0.2) is 0 Å². The van der Waals surface area contributed by atoms with Crippen LogP contribution in [-0.4, -0.2) is 25.5 Å². The number of ether oxygens (including phenoxy) is 1. The van der Waals surface area contributed by atoms with E-state index >= 15 is 0 Å². The highest BCUT2D eigenvalue weighted by molar-refractivity contribution is 5.80. The quantitative estimate of drug-likeness (QED) is 0.410. The lowest BCUT2D eigenvalue weighted by Gasteiger charge is -2.21. The molecule has 0 saturated heterocycles. The SMILES string of the molecule is CN(C)CCC(Oc1ccc2c(=O)cc(-c3ccccc3)oc2c1)c1ccccc1. The Hall–Kier alpha value is -3.37. The fraction of sp³-hybridized carbons (Fsp3) is 0.192. The van der Waals surface area contributed by atoms with Crippen molar-refractivity contribution >= 4 is 11.0 Å². The maximum absolute atomic E-state index is 12.6. The van der Waals surface area contributed by atoms with Gasteiger partial charge in [-0.05, 0) is 31.8 Å². The van der Waals surface area contributed by atoms with Gasteiger partial charge < -0.3 is 14.1 Å². The second kappa shape index (κ2) is 8.97. The molecule has 0 spiro atoms. The first-order chi connectivity index (χ1) is 14.6. The van der Waals surface area contributed by atoms with Crippen LogP contribution in [0.25, 0.3) is 22.3 Å². The van der Waals surface area contributed by atoms with Crippen LogP contribution in [0.1, 0.15) is 18.1 Å². The standard InChI is InChI=1S/C26H25NO3/c1-27(2)16-15-24(19-9-5-3-6-10-19)29-21-13-14-22-23(28)18-25(30-26(22)17-21)20-11-7-4-8-12-20/h3-14,17-18,24H,15-16H2,1-2H3. The largest absolute Gasteiger partial charge is 0.486 e. The van der Waals surface area contributed by atoms with Crippen LogP contribution >= 0.6 is 0 Å². The highest BCUT2D eigenvalue weighted by Crippen LogP contribution is 2.29. The maximum Gasteiger partial charge on any atom is 0.193 e. The van der Waals surface area contributed by atoms with Crippen LogP contribution in [0.2, 0.25) is 0 Å². The molecule has 0 N–H and O–H groups in total. The second-order valence-electron chi connectivity index (χ2n) is 7.61. The molecule has 4 rings (SSSR count). The normalized spacial score (nSPS) is 12.2. The Bertz CT molecular complexity index is 1170. The molecule has 0 aliphatic heterocycles. The van der Waals surface area contributed by atoms with Crippen LogP contribution in [-0.2, 0) is 0 Å². The van der Waals surface area contributed by atoms with E-state index in [0.717, 1.165) is 24.1 Å². The molecule has 1 aromatic heterocycles. The molecular formula is C26H25NO3. The molecule has 4 heteroatoms. The van der Waals surface area contributed by atoms with Crippen LogP contribution in [0, 0.1) is 0 Å². The number of hydrogen-bond donors (Lipinski definition) is 0. The average Bonchev–Trinajstić information content (AvgIpc) is 2.77. The molecule has 3 aromatic carbocycles. The number of rotatable bonds is 7. The minimum atomic E-state index is -0.0879. The fourth-order valence-corrected chi connectivity index (χ4v) is 3.45. The Labute approximate surface area is 176 Å². The van der Waals surface area contributed by atoms with Gasteiger partial charge in [0.05, 0.1) is 5.39 Å². The summed E-state index contributed by atoms with van der Waals surface area (Å²) in [6, 6.07) is 26.8. The Morgan fingerprint density at radius 3 is 2.30 bits per heavy atom. The van der Waals surface area contributed by atoms with Gasteiger partial charge in [-0.3, -0.25) is 4.79 Å². The second-order valence-corrected chi connectivity index (χ2v) is 7.61. The van der Waals surface area contributed by atoms with Gasteiger partial charge in [-0.1, -0.05) is 60.7 Å². The van der Waals surface area contributed by atoms with Crippen LogP contribution in [0.15, 0.2) is 94.1 Å². The minimum absolute atomic E-state index is 0.0612. The van der Waals surface area contributed by atoms with Crippen molar-refractivity contribution in [1.29, 1.82) is 0 Å². The van der Waals surface area contributed by atoms with E-state index in [1.54, 1.807) is 12.1 Å². The van der Waals surface area contributed by atoms with Gasteiger partial charge in [0.25, 0.3) is 0 Å². The molecule has 0 bridgehead atoms. The molecule has 0 fully saturated rings. The lowest BCUT2D eigenvalue weighted by Crippen LogP contribution is -2.18. The lowest BCUT2D eigenvalue weighted by atomic mass is 10.1. The van der Waals surface area contributed by atoms with Crippen molar-refractivity contribution < 1.29 is 9.15 Å². The van der Waals surface area contributed by atoms with E-state index in [2.05, 4.69) is 31.1 Å². The monoisotopic (exact) mass is 399 g/mol. The Balaban J connectivity index is 1.68. The summed E-state index contributed by atoms with van der Waals surface area (Å²) < 4.78 is 12.4. The van der Waals surface area contributed by atoms with E-state index in [1.165, 1.54) is 0 Å². The summed E-state index contributed by atoms with van der Waals surface area (Å²) in [7, 11) is 4.11. The number of hydrogen-bond acceptors (Lipinski definition) is 4. The fourth-order valence-electron chi connectivity index (χ4n) is 3.45. The topological polar surface area (TPSA) is 42.7 Å². The van der Waals surface area contributed by atoms with Crippen molar-refractivity contribution in [3.05, 3.63) is 101 Å². The molecule has 1 heterocycles. The van der Waals surface area contributed by atoms with Crippen molar-refractivity contribution in [2.75, 3.05) is 20.6 Å². The van der Waals surface area contributed by atoms with Crippen LogP contribution in [0.4, 0.5) is 0 Å². The average molecular weight is 399 g/mol. The van der Waals surface area contributed by atoms with Gasteiger partial charge in [-0.15, -0.1) is 0 Å². The highest BCUT2D eigenvalue weighted by Gasteiger charge is 2.15. The summed E-state index contributed by atoms with van der Waals surface area (Å²) in [5, 5.41) is 0.548. The molecule has 0 amide bonds. The predicted molar refractivity (Wildman–Crippen MR) is 121 cm³/mol. The summed E-state index contributed by atoms with van der Waals surface area (Å²) in [5.41, 5.74) is 2.46. The maximum atomic E-state index is 12.6. The molecule has 30 heavy (non-hydrogen) atoms. The van der Waals surface area contributed by atoms with Crippen LogP contribution in [0.3, 0.4) is 0 Å². The summed E-state index contributed by atoms with van der Waals surface area (Å²) in [5.74, 6) is 1.24. The summed E-state index contributed by atoms with van der Waals surface area (Å²) in [6.45, 7) is 0.903. The Kier molecular flexibility index (Phi) is 5.96. The van der Waals surface area contributed by atoms with Crippen molar-refractivity contribution in [2.24, 2.45) is 0 Å². The molecule has 0 aliphatic carbocycles. The third-order valence-corrected chi connectivity index (χ3v) is 5.05. The molecule has 0 radical (unpaired) electrons. The van der Waals surface area contributed by atoms with E-state index in [4.69, 9.17) is 9.15 Å². The van der Waals surface area contributed by atoms with Crippen molar-refractivity contribution in [2.45, 2.75) is 12.5 Å². The Morgan fingerprint density at radius 2 is 1.60 bits per heavy atom. The van der Waals surface area contributed by atoms with Gasteiger partial charge >= 0.3 is 0 Å². The van der Waals surface area contributed by atoms with Gasteiger partial charge in [0.15, 0.2) is 5.43 Å². The molecule has 152 valence electrons. The molecule has 1 unspecified atom stereocenters. The van der Waals surface area contributed by atoms with Gasteiger partial charge in [0, 0.05) is 30.7 Å². The number of fused-ring (bicyclic) bond motifs is 1. The van der Waals surface area contributed by atoms with Crippen molar-refractivity contribution in [3.8, 4) is 17.1 Å². The predicted octanol–water partition coefficient (Wildman–Crippen LogP) is 5.53.